The van der Waals surface area contributed by atoms with E-state index in [4.69, 9.17) is 10.5 Å². The summed E-state index contributed by atoms with van der Waals surface area (Å²) in [6.45, 7) is 7.06. The Kier molecular flexibility index (Phi) is 6.46. The van der Waals surface area contributed by atoms with Crippen molar-refractivity contribution in [1.29, 1.82) is 0 Å². The first-order valence-electron chi connectivity index (χ1n) is 8.76. The monoisotopic (exact) mass is 318 g/mol. The zero-order valence-corrected chi connectivity index (χ0v) is 14.5. The molecule has 0 heterocycles. The molecule has 4 nitrogen and oxygen atoms in total. The number of anilines is 1. The van der Waals surface area contributed by atoms with Gasteiger partial charge in [0.1, 0.15) is 6.61 Å². The van der Waals surface area contributed by atoms with Crippen molar-refractivity contribution in [2.75, 3.05) is 12.3 Å². The van der Waals surface area contributed by atoms with Crippen molar-refractivity contribution < 1.29 is 9.53 Å². The molecule has 1 fully saturated rings. The molecule has 2 rings (SSSR count). The molecule has 128 valence electrons. The number of esters is 1. The highest BCUT2D eigenvalue weighted by atomic mass is 16.5. The smallest absolute Gasteiger partial charge is 0.338 e. The van der Waals surface area contributed by atoms with E-state index >= 15 is 0 Å². The first kappa shape index (κ1) is 17.8. The van der Waals surface area contributed by atoms with Gasteiger partial charge in [-0.15, -0.1) is 0 Å². The minimum absolute atomic E-state index is 0.193. The van der Waals surface area contributed by atoms with Crippen LogP contribution in [0.5, 0.6) is 0 Å². The fraction of sp³-hybridized carbons (Fsp3) is 0.632. The quantitative estimate of drug-likeness (QED) is 0.621. The average molecular weight is 318 g/mol. The lowest BCUT2D eigenvalue weighted by atomic mass is 9.85. The van der Waals surface area contributed by atoms with Crippen molar-refractivity contribution in [3.05, 3.63) is 29.8 Å². The van der Waals surface area contributed by atoms with Crippen LogP contribution in [-0.2, 0) is 4.74 Å². The third-order valence-electron chi connectivity index (χ3n) is 4.88. The minimum Gasteiger partial charge on any atom is -0.460 e. The summed E-state index contributed by atoms with van der Waals surface area (Å²) >= 11 is 0. The van der Waals surface area contributed by atoms with Gasteiger partial charge in [-0.25, -0.2) is 4.79 Å². The second-order valence-electron chi connectivity index (χ2n) is 7.11. The van der Waals surface area contributed by atoms with E-state index < -0.39 is 0 Å². The number of rotatable bonds is 6. The lowest BCUT2D eigenvalue weighted by Gasteiger charge is -2.34. The van der Waals surface area contributed by atoms with Crippen molar-refractivity contribution in [1.82, 2.24) is 5.32 Å². The molecule has 0 aromatic heterocycles. The molecular formula is C19H30N2O2. The first-order valence-corrected chi connectivity index (χ1v) is 8.76. The standard InChI is InChI=1S/C19H30N2O2/c1-13(2)18(21-17-7-5-4-6-14(17)3)12-23-19(22)15-8-10-16(20)11-9-15/h8-11,13-14,17-18,21H,4-7,12,20H2,1-3H3/t14-,17-,18-/m0/s1. The zero-order valence-electron chi connectivity index (χ0n) is 14.5. The summed E-state index contributed by atoms with van der Waals surface area (Å²) in [5.74, 6) is 0.829. The first-order chi connectivity index (χ1) is 11.0. The van der Waals surface area contributed by atoms with Gasteiger partial charge in [-0.3, -0.25) is 0 Å². The van der Waals surface area contributed by atoms with Crippen LogP contribution in [0.15, 0.2) is 24.3 Å². The zero-order chi connectivity index (χ0) is 16.8. The normalized spacial score (nSPS) is 22.8. The van der Waals surface area contributed by atoms with Crippen LogP contribution in [0.2, 0.25) is 0 Å². The van der Waals surface area contributed by atoms with Gasteiger partial charge >= 0.3 is 5.97 Å². The number of nitrogens with one attached hydrogen (secondary N) is 1. The van der Waals surface area contributed by atoms with Crippen LogP contribution in [-0.4, -0.2) is 24.7 Å². The van der Waals surface area contributed by atoms with E-state index in [9.17, 15) is 4.79 Å². The van der Waals surface area contributed by atoms with Crippen molar-refractivity contribution >= 4 is 11.7 Å². The van der Waals surface area contributed by atoms with Crippen LogP contribution in [0.3, 0.4) is 0 Å². The van der Waals surface area contributed by atoms with Crippen molar-refractivity contribution in [3.63, 3.8) is 0 Å². The van der Waals surface area contributed by atoms with Gasteiger partial charge in [-0.1, -0.05) is 33.6 Å². The van der Waals surface area contributed by atoms with Gasteiger partial charge in [0, 0.05) is 17.8 Å². The number of carbonyl (C=O) groups is 1. The molecule has 1 aromatic rings. The largest absolute Gasteiger partial charge is 0.460 e. The van der Waals surface area contributed by atoms with Gasteiger partial charge in [-0.2, -0.15) is 0 Å². The Morgan fingerprint density at radius 1 is 1.26 bits per heavy atom. The van der Waals surface area contributed by atoms with Gasteiger partial charge in [0.05, 0.1) is 5.56 Å². The second kappa shape index (κ2) is 8.34. The number of nitrogens with two attached hydrogens (primary N) is 1. The number of hydrogen-bond donors (Lipinski definition) is 2. The second-order valence-corrected chi connectivity index (χ2v) is 7.11. The molecule has 1 aliphatic carbocycles. The van der Waals surface area contributed by atoms with Crippen LogP contribution in [0.1, 0.15) is 56.8 Å². The van der Waals surface area contributed by atoms with Crippen molar-refractivity contribution in [2.45, 2.75) is 58.5 Å². The van der Waals surface area contributed by atoms with Crippen LogP contribution in [0, 0.1) is 11.8 Å². The highest BCUT2D eigenvalue weighted by Crippen LogP contribution is 2.24. The SMILES string of the molecule is CC(C)[C@H](COC(=O)c1ccc(N)cc1)N[C@H]1CCCC[C@@H]1C. The molecule has 1 aliphatic rings. The van der Waals surface area contributed by atoms with Crippen LogP contribution >= 0.6 is 0 Å². The fourth-order valence-electron chi connectivity index (χ4n) is 3.14. The number of nitrogen functional groups attached to an aromatic ring is 1. The molecule has 3 N–H and O–H groups in total. The van der Waals surface area contributed by atoms with Crippen LogP contribution < -0.4 is 11.1 Å². The Labute approximate surface area is 139 Å². The summed E-state index contributed by atoms with van der Waals surface area (Å²) in [6, 6.07) is 7.58. The fourth-order valence-corrected chi connectivity index (χ4v) is 3.14. The predicted octanol–water partition coefficient (Wildman–Crippen LogP) is 3.62. The van der Waals surface area contributed by atoms with Gasteiger partial charge in [-0.05, 0) is 48.9 Å². The number of hydrogen-bond acceptors (Lipinski definition) is 4. The summed E-state index contributed by atoms with van der Waals surface area (Å²) in [7, 11) is 0. The number of carbonyl (C=O) groups excluding carboxylic acids is 1. The lowest BCUT2D eigenvalue weighted by molar-refractivity contribution is 0.0421. The van der Waals surface area contributed by atoms with E-state index in [2.05, 4.69) is 26.1 Å². The topological polar surface area (TPSA) is 64.3 Å². The third kappa shape index (κ3) is 5.24. The maximum absolute atomic E-state index is 12.1. The molecule has 1 saturated carbocycles. The van der Waals surface area contributed by atoms with E-state index in [1.54, 1.807) is 24.3 Å². The molecule has 23 heavy (non-hydrogen) atoms. The number of ether oxygens (including phenoxy) is 1. The summed E-state index contributed by atoms with van der Waals surface area (Å²) in [6.07, 6.45) is 5.12. The maximum Gasteiger partial charge on any atom is 0.338 e. The van der Waals surface area contributed by atoms with Crippen molar-refractivity contribution in [2.24, 2.45) is 11.8 Å². The van der Waals surface area contributed by atoms with Crippen LogP contribution in [0.4, 0.5) is 5.69 Å². The molecular weight excluding hydrogens is 288 g/mol. The van der Waals surface area contributed by atoms with E-state index in [-0.39, 0.29) is 12.0 Å². The van der Waals surface area contributed by atoms with E-state index in [1.807, 2.05) is 0 Å². The van der Waals surface area contributed by atoms with E-state index in [0.717, 1.165) is 0 Å². The van der Waals surface area contributed by atoms with Gasteiger partial charge < -0.3 is 15.8 Å². The van der Waals surface area contributed by atoms with E-state index in [1.165, 1.54) is 25.7 Å². The molecule has 0 amide bonds. The molecule has 0 aliphatic heterocycles. The molecule has 0 unspecified atom stereocenters. The molecule has 3 atom stereocenters. The maximum atomic E-state index is 12.1. The molecule has 0 radical (unpaired) electrons. The van der Waals surface area contributed by atoms with Crippen molar-refractivity contribution in [3.8, 4) is 0 Å². The predicted molar refractivity (Wildman–Crippen MR) is 94.3 cm³/mol. The van der Waals surface area contributed by atoms with Gasteiger partial charge in [0.15, 0.2) is 0 Å². The minimum atomic E-state index is -0.283. The Balaban J connectivity index is 1.89. The summed E-state index contributed by atoms with van der Waals surface area (Å²) in [4.78, 5) is 12.1. The molecule has 0 spiro atoms. The Bertz CT molecular complexity index is 499. The molecule has 0 bridgehead atoms. The average Bonchev–Trinajstić information content (AvgIpc) is 2.53. The highest BCUT2D eigenvalue weighted by molar-refractivity contribution is 5.89. The molecule has 0 saturated heterocycles. The highest BCUT2D eigenvalue weighted by Gasteiger charge is 2.26. The Morgan fingerprint density at radius 2 is 1.91 bits per heavy atom. The van der Waals surface area contributed by atoms with E-state index in [0.29, 0.717) is 35.7 Å². The van der Waals surface area contributed by atoms with Crippen LogP contribution in [0.25, 0.3) is 0 Å². The molecule has 4 heteroatoms. The summed E-state index contributed by atoms with van der Waals surface area (Å²) < 4.78 is 5.53. The van der Waals surface area contributed by atoms with Gasteiger partial charge in [0.2, 0.25) is 0 Å². The number of benzene rings is 1. The summed E-state index contributed by atoms with van der Waals surface area (Å²) in [5.41, 5.74) is 6.84. The summed E-state index contributed by atoms with van der Waals surface area (Å²) in [5, 5.41) is 3.72. The Hall–Kier alpha value is -1.55. The van der Waals surface area contributed by atoms with Gasteiger partial charge in [0.25, 0.3) is 0 Å². The third-order valence-corrected chi connectivity index (χ3v) is 4.88. The lowest BCUT2D eigenvalue weighted by Crippen LogP contribution is -2.48. The Morgan fingerprint density at radius 3 is 2.52 bits per heavy atom. The molecule has 1 aromatic carbocycles.